The lowest BCUT2D eigenvalue weighted by molar-refractivity contribution is 0.103. The summed E-state index contributed by atoms with van der Waals surface area (Å²) in [6.07, 6.45) is 1.69. The lowest BCUT2D eigenvalue weighted by Gasteiger charge is -2.33. The second kappa shape index (κ2) is 7.00. The van der Waals surface area contributed by atoms with Crippen LogP contribution in [0.15, 0.2) is 34.9 Å². The van der Waals surface area contributed by atoms with E-state index in [-0.39, 0.29) is 12.4 Å². The number of piperazine rings is 1. The minimum Gasteiger partial charge on any atom is -0.439 e. The van der Waals surface area contributed by atoms with Gasteiger partial charge in [-0.3, -0.25) is 9.80 Å². The molecule has 2 heterocycles. The molecule has 0 bridgehead atoms. The molecule has 1 saturated heterocycles. The molecule has 6 heteroatoms. The number of hydrogen-bond acceptors (Lipinski definition) is 5. The molecule has 1 aromatic carbocycles. The fourth-order valence-electron chi connectivity index (χ4n) is 2.63. The summed E-state index contributed by atoms with van der Waals surface area (Å²) < 4.78 is 18.7. The van der Waals surface area contributed by atoms with Crippen molar-refractivity contribution in [3.8, 4) is 11.3 Å². The maximum Gasteiger partial charge on any atom is 0.209 e. The van der Waals surface area contributed by atoms with Crippen LogP contribution in [0.1, 0.15) is 5.89 Å². The van der Waals surface area contributed by atoms with E-state index in [9.17, 15) is 4.39 Å². The summed E-state index contributed by atoms with van der Waals surface area (Å²) in [5.74, 6) is 1.08. The van der Waals surface area contributed by atoms with Crippen molar-refractivity contribution in [1.82, 2.24) is 14.8 Å². The molecule has 1 fully saturated rings. The molecule has 0 amide bonds. The van der Waals surface area contributed by atoms with E-state index in [2.05, 4.69) is 14.8 Å². The van der Waals surface area contributed by atoms with Crippen LogP contribution in [0.25, 0.3) is 11.3 Å². The van der Waals surface area contributed by atoms with Gasteiger partial charge in [-0.15, -0.1) is 0 Å². The average molecular weight is 305 g/mol. The van der Waals surface area contributed by atoms with Crippen molar-refractivity contribution in [2.24, 2.45) is 0 Å². The van der Waals surface area contributed by atoms with Gasteiger partial charge in [0.2, 0.25) is 5.89 Å². The third-order valence-electron chi connectivity index (χ3n) is 3.92. The monoisotopic (exact) mass is 305 g/mol. The van der Waals surface area contributed by atoms with Gasteiger partial charge in [0.05, 0.1) is 19.3 Å². The molecule has 0 atom stereocenters. The molecular weight excluding hydrogens is 285 g/mol. The lowest BCUT2D eigenvalue weighted by atomic mass is 10.2. The molecule has 3 rings (SSSR count). The van der Waals surface area contributed by atoms with Crippen LogP contribution in [0.3, 0.4) is 0 Å². The predicted octanol–water partition coefficient (Wildman–Crippen LogP) is 1.59. The number of β-amino-alcohol motifs (C(OH)–C–C–N with tert-alkyl or cyclic N) is 1. The highest BCUT2D eigenvalue weighted by Crippen LogP contribution is 2.21. The first-order valence-corrected chi connectivity index (χ1v) is 7.51. The van der Waals surface area contributed by atoms with Crippen molar-refractivity contribution in [2.75, 3.05) is 39.3 Å². The lowest BCUT2D eigenvalue weighted by Crippen LogP contribution is -2.46. The molecule has 1 aromatic heterocycles. The zero-order valence-electron chi connectivity index (χ0n) is 12.4. The standard InChI is InChI=1S/C16H20FN3O2/c17-14-3-1-13(2-4-14)15-11-18-16(22-15)12-20-7-5-19(6-8-20)9-10-21/h1-4,11,21H,5-10,12H2. The van der Waals surface area contributed by atoms with Gasteiger partial charge in [0.1, 0.15) is 5.82 Å². The SMILES string of the molecule is OCCN1CCN(Cc2ncc(-c3ccc(F)cc3)o2)CC1. The highest BCUT2D eigenvalue weighted by atomic mass is 19.1. The summed E-state index contributed by atoms with van der Waals surface area (Å²) in [4.78, 5) is 8.84. The Bertz CT molecular complexity index is 592. The third-order valence-corrected chi connectivity index (χ3v) is 3.92. The van der Waals surface area contributed by atoms with Gasteiger partial charge in [0.15, 0.2) is 5.76 Å². The Hall–Kier alpha value is -1.76. The molecule has 0 saturated carbocycles. The highest BCUT2D eigenvalue weighted by Gasteiger charge is 2.18. The normalized spacial score (nSPS) is 17.0. The first-order valence-electron chi connectivity index (χ1n) is 7.51. The zero-order chi connectivity index (χ0) is 15.4. The fourth-order valence-corrected chi connectivity index (χ4v) is 2.63. The molecule has 1 aliphatic heterocycles. The molecule has 2 aromatic rings. The number of aromatic nitrogens is 1. The van der Waals surface area contributed by atoms with Crippen LogP contribution < -0.4 is 0 Å². The molecule has 1 N–H and O–H groups in total. The molecule has 0 unspecified atom stereocenters. The molecule has 5 nitrogen and oxygen atoms in total. The highest BCUT2D eigenvalue weighted by molar-refractivity contribution is 5.55. The Labute approximate surface area is 129 Å². The van der Waals surface area contributed by atoms with Crippen LogP contribution >= 0.6 is 0 Å². The van der Waals surface area contributed by atoms with E-state index in [4.69, 9.17) is 9.52 Å². The van der Waals surface area contributed by atoms with E-state index in [0.29, 0.717) is 18.2 Å². The molecule has 0 radical (unpaired) electrons. The Balaban J connectivity index is 1.57. The number of halogens is 1. The van der Waals surface area contributed by atoms with Crippen molar-refractivity contribution in [1.29, 1.82) is 0 Å². The van der Waals surface area contributed by atoms with E-state index in [1.165, 1.54) is 12.1 Å². The minimum absolute atomic E-state index is 0.209. The van der Waals surface area contributed by atoms with Gasteiger partial charge in [-0.2, -0.15) is 0 Å². The van der Waals surface area contributed by atoms with E-state index < -0.39 is 0 Å². The number of aliphatic hydroxyl groups excluding tert-OH is 1. The summed E-state index contributed by atoms with van der Waals surface area (Å²) in [7, 11) is 0. The Morgan fingerprint density at radius 2 is 1.77 bits per heavy atom. The number of benzene rings is 1. The molecule has 0 aliphatic carbocycles. The predicted molar refractivity (Wildman–Crippen MR) is 80.7 cm³/mol. The zero-order valence-corrected chi connectivity index (χ0v) is 12.4. The summed E-state index contributed by atoms with van der Waals surface area (Å²) in [5, 5.41) is 8.94. The molecule has 1 aliphatic rings. The maximum atomic E-state index is 12.9. The number of hydrogen-bond donors (Lipinski definition) is 1. The van der Waals surface area contributed by atoms with Gasteiger partial charge in [-0.1, -0.05) is 0 Å². The Morgan fingerprint density at radius 1 is 1.09 bits per heavy atom. The first-order chi connectivity index (χ1) is 10.7. The number of rotatable bonds is 5. The quantitative estimate of drug-likeness (QED) is 0.909. The van der Waals surface area contributed by atoms with Crippen LogP contribution in [0.4, 0.5) is 4.39 Å². The third kappa shape index (κ3) is 3.71. The molecular formula is C16H20FN3O2. The van der Waals surface area contributed by atoms with E-state index in [0.717, 1.165) is 38.3 Å². The van der Waals surface area contributed by atoms with E-state index in [1.807, 2.05) is 0 Å². The second-order valence-corrected chi connectivity index (χ2v) is 5.47. The van der Waals surface area contributed by atoms with E-state index in [1.54, 1.807) is 18.3 Å². The van der Waals surface area contributed by atoms with Crippen molar-refractivity contribution in [3.63, 3.8) is 0 Å². The van der Waals surface area contributed by atoms with Crippen LogP contribution in [0, 0.1) is 5.82 Å². The van der Waals surface area contributed by atoms with Crippen molar-refractivity contribution >= 4 is 0 Å². The van der Waals surface area contributed by atoms with Gasteiger partial charge in [-0.05, 0) is 24.3 Å². The average Bonchev–Trinajstić information content (AvgIpc) is 2.99. The Kier molecular flexibility index (Phi) is 4.82. The van der Waals surface area contributed by atoms with Crippen molar-refractivity contribution < 1.29 is 13.9 Å². The minimum atomic E-state index is -0.260. The van der Waals surface area contributed by atoms with Crippen LogP contribution in [-0.2, 0) is 6.54 Å². The van der Waals surface area contributed by atoms with Gasteiger partial charge >= 0.3 is 0 Å². The number of nitrogens with zero attached hydrogens (tertiary/aromatic N) is 3. The summed E-state index contributed by atoms with van der Waals surface area (Å²) in [6, 6.07) is 6.20. The summed E-state index contributed by atoms with van der Waals surface area (Å²) in [5.41, 5.74) is 0.827. The molecule has 118 valence electrons. The van der Waals surface area contributed by atoms with Gasteiger partial charge < -0.3 is 9.52 Å². The van der Waals surface area contributed by atoms with Gasteiger partial charge in [0.25, 0.3) is 0 Å². The fraction of sp³-hybridized carbons (Fsp3) is 0.438. The molecule has 0 spiro atoms. The first kappa shape index (κ1) is 15.1. The van der Waals surface area contributed by atoms with Crippen molar-refractivity contribution in [2.45, 2.75) is 6.54 Å². The van der Waals surface area contributed by atoms with Crippen LogP contribution in [0.2, 0.25) is 0 Å². The second-order valence-electron chi connectivity index (χ2n) is 5.47. The van der Waals surface area contributed by atoms with E-state index >= 15 is 0 Å². The van der Waals surface area contributed by atoms with Crippen LogP contribution in [-0.4, -0.2) is 59.2 Å². The van der Waals surface area contributed by atoms with Crippen LogP contribution in [0.5, 0.6) is 0 Å². The summed E-state index contributed by atoms with van der Waals surface area (Å²) in [6.45, 7) is 5.40. The molecule has 22 heavy (non-hydrogen) atoms. The largest absolute Gasteiger partial charge is 0.439 e. The number of oxazole rings is 1. The van der Waals surface area contributed by atoms with Crippen molar-refractivity contribution in [3.05, 3.63) is 42.2 Å². The smallest absolute Gasteiger partial charge is 0.209 e. The summed E-state index contributed by atoms with van der Waals surface area (Å²) >= 11 is 0. The van der Waals surface area contributed by atoms with Gasteiger partial charge in [0, 0.05) is 38.3 Å². The number of aliphatic hydroxyl groups is 1. The van der Waals surface area contributed by atoms with Gasteiger partial charge in [-0.25, -0.2) is 9.37 Å². The Morgan fingerprint density at radius 3 is 2.45 bits per heavy atom. The topological polar surface area (TPSA) is 52.7 Å². The maximum absolute atomic E-state index is 12.9.